The second kappa shape index (κ2) is 7.37. The lowest BCUT2D eigenvalue weighted by molar-refractivity contribution is 0.150. The van der Waals surface area contributed by atoms with Crippen LogP contribution in [0.2, 0.25) is 0 Å². The number of aliphatic hydroxyl groups is 1. The monoisotopic (exact) mass is 385 g/mol. The maximum atomic E-state index is 13.0. The Hall–Kier alpha value is -3.11. The van der Waals surface area contributed by atoms with Crippen molar-refractivity contribution in [2.75, 3.05) is 18.1 Å². The van der Waals surface area contributed by atoms with Crippen LogP contribution < -0.4 is 4.90 Å². The Morgan fingerprint density at radius 3 is 2.17 bits per heavy atom. The lowest BCUT2D eigenvalue weighted by Crippen LogP contribution is -2.33. The van der Waals surface area contributed by atoms with Crippen LogP contribution in [0.5, 0.6) is 0 Å². The van der Waals surface area contributed by atoms with E-state index in [0.29, 0.717) is 19.6 Å². The van der Waals surface area contributed by atoms with Gasteiger partial charge in [0.1, 0.15) is 6.61 Å². The van der Waals surface area contributed by atoms with E-state index >= 15 is 0 Å². The molecule has 3 aromatic rings. The standard InChI is InChI=1S/C25H23NO3/c27-24-14-7-15-26(23-13-6-5-12-21(23)24)25(28)29-16-22-19-10-3-1-8-17(19)18-9-2-4-11-20(18)22/h1-6,8-13,22,24,27H,7,14-16H2. The van der Waals surface area contributed by atoms with Gasteiger partial charge in [0.05, 0.1) is 11.8 Å². The number of fused-ring (bicyclic) bond motifs is 4. The molecule has 1 aliphatic carbocycles. The zero-order chi connectivity index (χ0) is 19.8. The van der Waals surface area contributed by atoms with Gasteiger partial charge in [0.25, 0.3) is 0 Å². The van der Waals surface area contributed by atoms with Crippen molar-refractivity contribution >= 4 is 11.8 Å². The molecule has 1 aliphatic heterocycles. The fraction of sp³-hybridized carbons (Fsp3) is 0.240. The number of hydrogen-bond donors (Lipinski definition) is 1. The van der Waals surface area contributed by atoms with Gasteiger partial charge in [-0.05, 0) is 41.2 Å². The minimum Gasteiger partial charge on any atom is -0.448 e. The van der Waals surface area contributed by atoms with E-state index in [2.05, 4.69) is 24.3 Å². The van der Waals surface area contributed by atoms with Crippen molar-refractivity contribution in [3.63, 3.8) is 0 Å². The molecule has 5 rings (SSSR count). The van der Waals surface area contributed by atoms with Crippen molar-refractivity contribution in [1.29, 1.82) is 0 Å². The highest BCUT2D eigenvalue weighted by Gasteiger charge is 2.31. The molecule has 2 aliphatic rings. The van der Waals surface area contributed by atoms with Gasteiger partial charge in [-0.2, -0.15) is 0 Å². The number of carbonyl (C=O) groups excluding carboxylic acids is 1. The van der Waals surface area contributed by atoms with Crippen LogP contribution in [0, 0.1) is 0 Å². The molecule has 146 valence electrons. The minimum absolute atomic E-state index is 0.0409. The van der Waals surface area contributed by atoms with E-state index in [4.69, 9.17) is 4.74 Å². The largest absolute Gasteiger partial charge is 0.448 e. The SMILES string of the molecule is O=C(OCC1c2ccccc2-c2ccccc21)N1CCCC(O)c2ccccc21. The molecule has 3 aromatic carbocycles. The summed E-state index contributed by atoms with van der Waals surface area (Å²) < 4.78 is 5.83. The summed E-state index contributed by atoms with van der Waals surface area (Å²) in [6, 6.07) is 24.2. The van der Waals surface area contributed by atoms with Gasteiger partial charge >= 0.3 is 6.09 Å². The van der Waals surface area contributed by atoms with Crippen LogP contribution in [0.25, 0.3) is 11.1 Å². The number of rotatable bonds is 2. The summed E-state index contributed by atoms with van der Waals surface area (Å²) in [5.74, 6) is 0.0409. The second-order valence-corrected chi connectivity index (χ2v) is 7.67. The molecule has 1 N–H and O–H groups in total. The lowest BCUT2D eigenvalue weighted by atomic mass is 9.98. The Morgan fingerprint density at radius 1 is 0.897 bits per heavy atom. The Morgan fingerprint density at radius 2 is 1.48 bits per heavy atom. The van der Waals surface area contributed by atoms with Crippen LogP contribution in [0.3, 0.4) is 0 Å². The molecule has 4 heteroatoms. The highest BCUT2D eigenvalue weighted by atomic mass is 16.6. The molecule has 1 unspecified atom stereocenters. The summed E-state index contributed by atoms with van der Waals surface area (Å²) in [4.78, 5) is 14.7. The summed E-state index contributed by atoms with van der Waals surface area (Å²) in [5.41, 5.74) is 6.37. The van der Waals surface area contributed by atoms with Gasteiger partial charge in [-0.25, -0.2) is 4.79 Å². The van der Waals surface area contributed by atoms with Crippen molar-refractivity contribution in [2.24, 2.45) is 0 Å². The number of carbonyl (C=O) groups is 1. The van der Waals surface area contributed by atoms with Crippen LogP contribution in [-0.2, 0) is 4.74 Å². The van der Waals surface area contributed by atoms with Crippen LogP contribution >= 0.6 is 0 Å². The Labute approximate surface area is 170 Å². The molecule has 0 saturated carbocycles. The maximum absolute atomic E-state index is 13.0. The fourth-order valence-electron chi connectivity index (χ4n) is 4.60. The first-order chi connectivity index (χ1) is 14.2. The van der Waals surface area contributed by atoms with Gasteiger partial charge in [-0.1, -0.05) is 66.7 Å². The van der Waals surface area contributed by atoms with Crippen molar-refractivity contribution < 1.29 is 14.6 Å². The topological polar surface area (TPSA) is 49.8 Å². The summed E-state index contributed by atoms with van der Waals surface area (Å²) in [7, 11) is 0. The molecular weight excluding hydrogens is 362 g/mol. The third-order valence-electron chi connectivity index (χ3n) is 6.00. The summed E-state index contributed by atoms with van der Waals surface area (Å²) >= 11 is 0. The molecule has 0 saturated heterocycles. The van der Waals surface area contributed by atoms with Crippen molar-refractivity contribution in [2.45, 2.75) is 24.9 Å². The number of nitrogens with zero attached hydrogens (tertiary/aromatic N) is 1. The van der Waals surface area contributed by atoms with E-state index in [0.717, 1.165) is 17.7 Å². The van der Waals surface area contributed by atoms with Gasteiger partial charge < -0.3 is 9.84 Å². The van der Waals surface area contributed by atoms with Crippen LogP contribution in [0.15, 0.2) is 72.8 Å². The zero-order valence-corrected chi connectivity index (χ0v) is 16.1. The second-order valence-electron chi connectivity index (χ2n) is 7.67. The van der Waals surface area contributed by atoms with Crippen molar-refractivity contribution in [1.82, 2.24) is 0 Å². The lowest BCUT2D eigenvalue weighted by Gasteiger charge is -2.24. The predicted octanol–water partition coefficient (Wildman–Crippen LogP) is 5.27. The fourth-order valence-corrected chi connectivity index (χ4v) is 4.60. The first-order valence-electron chi connectivity index (χ1n) is 10.1. The van der Waals surface area contributed by atoms with E-state index in [1.165, 1.54) is 22.3 Å². The number of ether oxygens (including phenoxy) is 1. The molecule has 0 bridgehead atoms. The van der Waals surface area contributed by atoms with E-state index in [1.54, 1.807) is 4.90 Å². The number of benzene rings is 3. The highest BCUT2D eigenvalue weighted by molar-refractivity contribution is 5.89. The number of aliphatic hydroxyl groups excluding tert-OH is 1. The number of amides is 1. The molecule has 0 spiro atoms. The smallest absolute Gasteiger partial charge is 0.414 e. The van der Waals surface area contributed by atoms with Gasteiger partial charge in [-0.15, -0.1) is 0 Å². The molecule has 0 fully saturated rings. The van der Waals surface area contributed by atoms with Gasteiger partial charge in [0.15, 0.2) is 0 Å². The average molecular weight is 385 g/mol. The summed E-state index contributed by atoms with van der Waals surface area (Å²) in [5, 5.41) is 10.4. The van der Waals surface area contributed by atoms with Crippen molar-refractivity contribution in [3.8, 4) is 11.1 Å². The summed E-state index contributed by atoms with van der Waals surface area (Å²) in [6.45, 7) is 0.846. The van der Waals surface area contributed by atoms with E-state index < -0.39 is 6.10 Å². The van der Waals surface area contributed by atoms with E-state index in [1.807, 2.05) is 48.5 Å². The van der Waals surface area contributed by atoms with E-state index in [9.17, 15) is 9.90 Å². The quantitative estimate of drug-likeness (QED) is 0.654. The van der Waals surface area contributed by atoms with Crippen LogP contribution in [-0.4, -0.2) is 24.4 Å². The molecule has 1 atom stereocenters. The average Bonchev–Trinajstić information content (AvgIpc) is 2.98. The number of hydrogen-bond acceptors (Lipinski definition) is 3. The Bertz CT molecular complexity index is 1020. The normalized spacial score (nSPS) is 17.8. The molecule has 1 heterocycles. The van der Waals surface area contributed by atoms with Gasteiger partial charge in [0, 0.05) is 18.0 Å². The molecule has 0 radical (unpaired) electrons. The molecule has 0 aromatic heterocycles. The van der Waals surface area contributed by atoms with Crippen LogP contribution in [0.4, 0.5) is 10.5 Å². The third kappa shape index (κ3) is 3.10. The molecule has 4 nitrogen and oxygen atoms in total. The third-order valence-corrected chi connectivity index (χ3v) is 6.00. The molecule has 29 heavy (non-hydrogen) atoms. The molecular formula is C25H23NO3. The van der Waals surface area contributed by atoms with E-state index in [-0.39, 0.29) is 12.0 Å². The summed E-state index contributed by atoms with van der Waals surface area (Å²) in [6.07, 6.45) is 0.482. The van der Waals surface area contributed by atoms with Gasteiger partial charge in [-0.3, -0.25) is 4.90 Å². The number of para-hydroxylation sites is 1. The first kappa shape index (κ1) is 18.0. The molecule has 1 amide bonds. The Balaban J connectivity index is 1.40. The van der Waals surface area contributed by atoms with Crippen molar-refractivity contribution in [3.05, 3.63) is 89.5 Å². The maximum Gasteiger partial charge on any atom is 0.414 e. The van der Waals surface area contributed by atoms with Gasteiger partial charge in [0.2, 0.25) is 0 Å². The Kier molecular flexibility index (Phi) is 4.57. The first-order valence-corrected chi connectivity index (χ1v) is 10.1. The highest BCUT2D eigenvalue weighted by Crippen LogP contribution is 2.44. The number of anilines is 1. The minimum atomic E-state index is -0.544. The zero-order valence-electron chi connectivity index (χ0n) is 16.1. The van der Waals surface area contributed by atoms with Crippen LogP contribution in [0.1, 0.15) is 41.6 Å². The predicted molar refractivity (Wildman–Crippen MR) is 113 cm³/mol.